The second-order valence-corrected chi connectivity index (χ2v) is 7.25. The first-order valence-electron chi connectivity index (χ1n) is 10.3. The molecule has 168 valence electrons. The molecule has 0 unspecified atom stereocenters. The molecular weight excluding hydrogens is 435 g/mol. The fraction of sp³-hybridized carbons (Fsp3) is 0. The number of allylic oxidation sites excluding steroid dienone is 1. The number of nitro benzene ring substituents is 1. The van der Waals surface area contributed by atoms with Crippen LogP contribution >= 0.6 is 0 Å². The number of pyridine rings is 1. The number of hydrogen-bond donors (Lipinski definition) is 2. The van der Waals surface area contributed by atoms with E-state index in [1.807, 2.05) is 6.07 Å². The van der Waals surface area contributed by atoms with Gasteiger partial charge in [-0.2, -0.15) is 0 Å². The van der Waals surface area contributed by atoms with Crippen LogP contribution in [-0.2, 0) is 0 Å². The van der Waals surface area contributed by atoms with Crippen LogP contribution in [0.1, 0.15) is 15.9 Å². The zero-order valence-electron chi connectivity index (χ0n) is 17.8. The Kier molecular flexibility index (Phi) is 6.69. The third-order valence-electron chi connectivity index (χ3n) is 4.91. The topological polar surface area (TPSA) is 97.2 Å². The summed E-state index contributed by atoms with van der Waals surface area (Å²) in [6.07, 6.45) is 4.72. The van der Waals surface area contributed by atoms with E-state index in [0.29, 0.717) is 34.0 Å². The zero-order valence-corrected chi connectivity index (χ0v) is 17.8. The molecule has 2 N–H and O–H groups in total. The van der Waals surface area contributed by atoms with Crippen molar-refractivity contribution in [3.05, 3.63) is 124 Å². The van der Waals surface area contributed by atoms with Crippen LogP contribution in [0.15, 0.2) is 97.2 Å². The second-order valence-electron chi connectivity index (χ2n) is 7.25. The molecule has 34 heavy (non-hydrogen) atoms. The maximum Gasteiger partial charge on any atom is 0.269 e. The molecule has 0 spiro atoms. The lowest BCUT2D eigenvalue weighted by Gasteiger charge is -2.10. The lowest BCUT2D eigenvalue weighted by molar-refractivity contribution is -0.384. The standard InChI is InChI=1S/C26H19FN4O3/c27-19-8-10-21(11-9-19)30-26-18(4-3-17-28-26)7-16-25(32)23-5-1-2-6-24(23)29-20-12-14-22(15-13-20)31(33)34/h1-17,29H,(H,28,30)/b16-7+. The predicted molar refractivity (Wildman–Crippen MR) is 130 cm³/mol. The molecule has 8 heteroatoms. The highest BCUT2D eigenvalue weighted by molar-refractivity contribution is 6.10. The minimum Gasteiger partial charge on any atom is -0.355 e. The van der Waals surface area contributed by atoms with Crippen molar-refractivity contribution in [1.82, 2.24) is 4.98 Å². The molecular formula is C26H19FN4O3. The van der Waals surface area contributed by atoms with E-state index in [9.17, 15) is 19.3 Å². The molecule has 3 aromatic carbocycles. The Labute approximate surface area is 194 Å². The number of ketones is 1. The summed E-state index contributed by atoms with van der Waals surface area (Å²) < 4.78 is 13.2. The highest BCUT2D eigenvalue weighted by Gasteiger charge is 2.10. The molecule has 0 aliphatic rings. The Balaban J connectivity index is 1.53. The molecule has 0 aliphatic carbocycles. The summed E-state index contributed by atoms with van der Waals surface area (Å²) in [6, 6.07) is 22.4. The van der Waals surface area contributed by atoms with Crippen molar-refractivity contribution in [1.29, 1.82) is 0 Å². The number of carbonyl (C=O) groups excluding carboxylic acids is 1. The van der Waals surface area contributed by atoms with Gasteiger partial charge in [0, 0.05) is 46.5 Å². The second kappa shape index (κ2) is 10.2. The zero-order chi connectivity index (χ0) is 23.9. The van der Waals surface area contributed by atoms with Crippen molar-refractivity contribution in [2.24, 2.45) is 0 Å². The number of hydrogen-bond acceptors (Lipinski definition) is 6. The minimum atomic E-state index is -0.469. The average Bonchev–Trinajstić information content (AvgIpc) is 2.85. The summed E-state index contributed by atoms with van der Waals surface area (Å²) in [4.78, 5) is 27.7. The third kappa shape index (κ3) is 5.49. The van der Waals surface area contributed by atoms with Gasteiger partial charge in [-0.1, -0.05) is 12.1 Å². The summed E-state index contributed by atoms with van der Waals surface area (Å²) in [5.74, 6) is -0.0460. The van der Waals surface area contributed by atoms with Crippen LogP contribution in [0.25, 0.3) is 6.08 Å². The smallest absolute Gasteiger partial charge is 0.269 e. The van der Waals surface area contributed by atoms with Crippen molar-refractivity contribution >= 4 is 40.4 Å². The SMILES string of the molecule is O=C(/C=C/c1cccnc1Nc1ccc(F)cc1)c1ccccc1Nc1ccc([N+](=O)[O-])cc1. The average molecular weight is 454 g/mol. The van der Waals surface area contributed by atoms with Crippen molar-refractivity contribution in [2.75, 3.05) is 10.6 Å². The number of carbonyl (C=O) groups is 1. The molecule has 0 amide bonds. The Morgan fingerprint density at radius 1 is 0.882 bits per heavy atom. The summed E-state index contributed by atoms with van der Waals surface area (Å²) in [5, 5.41) is 17.1. The normalized spacial score (nSPS) is 10.7. The van der Waals surface area contributed by atoms with E-state index < -0.39 is 4.92 Å². The molecule has 0 aliphatic heterocycles. The van der Waals surface area contributed by atoms with Crippen LogP contribution in [-0.4, -0.2) is 15.7 Å². The van der Waals surface area contributed by atoms with Gasteiger partial charge in [0.05, 0.1) is 4.92 Å². The van der Waals surface area contributed by atoms with Crippen LogP contribution in [0, 0.1) is 15.9 Å². The van der Waals surface area contributed by atoms with Gasteiger partial charge in [-0.3, -0.25) is 14.9 Å². The number of anilines is 4. The monoisotopic (exact) mass is 454 g/mol. The number of nitrogens with one attached hydrogen (secondary N) is 2. The molecule has 0 radical (unpaired) electrons. The number of nitrogens with zero attached hydrogens (tertiary/aromatic N) is 2. The Morgan fingerprint density at radius 2 is 1.56 bits per heavy atom. The lowest BCUT2D eigenvalue weighted by Crippen LogP contribution is -2.02. The van der Waals surface area contributed by atoms with Crippen molar-refractivity contribution in [2.45, 2.75) is 0 Å². The number of benzene rings is 3. The van der Waals surface area contributed by atoms with Gasteiger partial charge in [0.25, 0.3) is 5.69 Å². The van der Waals surface area contributed by atoms with Gasteiger partial charge in [0.15, 0.2) is 5.78 Å². The minimum absolute atomic E-state index is 0.0145. The van der Waals surface area contributed by atoms with E-state index >= 15 is 0 Å². The van der Waals surface area contributed by atoms with Gasteiger partial charge >= 0.3 is 0 Å². The Bertz CT molecular complexity index is 1350. The van der Waals surface area contributed by atoms with E-state index in [2.05, 4.69) is 15.6 Å². The number of nitro groups is 1. The number of non-ortho nitro benzene ring substituents is 1. The quantitative estimate of drug-likeness (QED) is 0.136. The number of rotatable bonds is 8. The lowest BCUT2D eigenvalue weighted by atomic mass is 10.1. The van der Waals surface area contributed by atoms with Gasteiger partial charge < -0.3 is 10.6 Å². The fourth-order valence-corrected chi connectivity index (χ4v) is 3.21. The maximum absolute atomic E-state index is 13.2. The van der Waals surface area contributed by atoms with Crippen LogP contribution in [0.2, 0.25) is 0 Å². The first-order valence-corrected chi connectivity index (χ1v) is 10.3. The Morgan fingerprint density at radius 3 is 2.29 bits per heavy atom. The van der Waals surface area contributed by atoms with E-state index in [0.717, 1.165) is 0 Å². The van der Waals surface area contributed by atoms with E-state index in [1.165, 1.54) is 30.3 Å². The highest BCUT2D eigenvalue weighted by Crippen LogP contribution is 2.25. The van der Waals surface area contributed by atoms with E-state index in [4.69, 9.17) is 0 Å². The van der Waals surface area contributed by atoms with Gasteiger partial charge in [0.2, 0.25) is 0 Å². The van der Waals surface area contributed by atoms with Crippen LogP contribution in [0.4, 0.5) is 33.0 Å². The van der Waals surface area contributed by atoms with Gasteiger partial charge in [-0.25, -0.2) is 9.37 Å². The third-order valence-corrected chi connectivity index (χ3v) is 4.91. The molecule has 0 atom stereocenters. The molecule has 0 saturated carbocycles. The van der Waals surface area contributed by atoms with Gasteiger partial charge in [0.1, 0.15) is 11.6 Å². The van der Waals surface area contributed by atoms with Crippen LogP contribution in [0.3, 0.4) is 0 Å². The van der Waals surface area contributed by atoms with E-state index in [1.54, 1.807) is 66.9 Å². The fourth-order valence-electron chi connectivity index (χ4n) is 3.21. The van der Waals surface area contributed by atoms with Crippen molar-refractivity contribution in [3.63, 3.8) is 0 Å². The van der Waals surface area contributed by atoms with Crippen molar-refractivity contribution < 1.29 is 14.1 Å². The molecule has 0 fully saturated rings. The Hall–Kier alpha value is -4.85. The van der Waals surface area contributed by atoms with Crippen LogP contribution in [0.5, 0.6) is 0 Å². The largest absolute Gasteiger partial charge is 0.355 e. The first-order chi connectivity index (χ1) is 16.5. The molecule has 4 rings (SSSR count). The summed E-state index contributed by atoms with van der Waals surface area (Å²) in [7, 11) is 0. The maximum atomic E-state index is 13.2. The molecule has 0 saturated heterocycles. The van der Waals surface area contributed by atoms with E-state index in [-0.39, 0.29) is 17.3 Å². The summed E-state index contributed by atoms with van der Waals surface area (Å²) in [6.45, 7) is 0. The number of halogens is 1. The highest BCUT2D eigenvalue weighted by atomic mass is 19.1. The number of para-hydroxylation sites is 1. The van der Waals surface area contributed by atoms with Gasteiger partial charge in [-0.05, 0) is 72.8 Å². The molecule has 1 aromatic heterocycles. The number of aromatic nitrogens is 1. The summed E-state index contributed by atoms with van der Waals surface area (Å²) >= 11 is 0. The van der Waals surface area contributed by atoms with Crippen molar-refractivity contribution in [3.8, 4) is 0 Å². The molecule has 7 nitrogen and oxygen atoms in total. The van der Waals surface area contributed by atoms with Crippen LogP contribution < -0.4 is 10.6 Å². The summed E-state index contributed by atoms with van der Waals surface area (Å²) in [5.41, 5.74) is 2.96. The predicted octanol–water partition coefficient (Wildman–Crippen LogP) is 6.51. The molecule has 1 heterocycles. The van der Waals surface area contributed by atoms with Gasteiger partial charge in [-0.15, -0.1) is 0 Å². The molecule has 4 aromatic rings. The molecule has 0 bridgehead atoms. The first kappa shape index (κ1) is 22.3.